The topological polar surface area (TPSA) is 86.1 Å². The van der Waals surface area contributed by atoms with Gasteiger partial charge in [0.25, 0.3) is 0 Å². The van der Waals surface area contributed by atoms with E-state index in [1.165, 1.54) is 6.07 Å². The van der Waals surface area contributed by atoms with Gasteiger partial charge in [-0.2, -0.15) is 0 Å². The van der Waals surface area contributed by atoms with Crippen molar-refractivity contribution < 1.29 is 8.42 Å². The molecule has 0 aliphatic rings. The van der Waals surface area contributed by atoms with Gasteiger partial charge in [-0.3, -0.25) is 0 Å². The SMILES string of the molecule is Cc1cccc(S(=O)(=O)[N-]c2nc3ccccc3nc2Nc2ccccc2Cl)c1. The second-order valence-corrected chi connectivity index (χ2v) is 8.38. The van der Waals surface area contributed by atoms with Gasteiger partial charge in [-0.15, -0.1) is 0 Å². The van der Waals surface area contributed by atoms with Gasteiger partial charge in [0.15, 0.2) is 0 Å². The number of hydrogen-bond acceptors (Lipinski definition) is 5. The summed E-state index contributed by atoms with van der Waals surface area (Å²) in [6.07, 6.45) is 0. The van der Waals surface area contributed by atoms with Crippen LogP contribution in [0.1, 0.15) is 5.56 Å². The fourth-order valence-electron chi connectivity index (χ4n) is 2.77. The van der Waals surface area contributed by atoms with E-state index in [2.05, 4.69) is 20.0 Å². The standard InChI is InChI=1S/C21H16ClN4O2S/c1-14-7-6-8-15(13-14)29(27,28)26-21-20(23-17-10-3-2-9-16(17)22)24-18-11-4-5-12-19(18)25-21/h2-13H,1H3,(H-,23,24,25,26)/q-1. The number of sulfonamides is 1. The highest BCUT2D eigenvalue weighted by molar-refractivity contribution is 7.94. The molecule has 4 rings (SSSR count). The first-order valence-corrected chi connectivity index (χ1v) is 10.6. The van der Waals surface area contributed by atoms with Gasteiger partial charge in [0, 0.05) is 0 Å². The molecular formula is C21H16ClN4O2S-. The van der Waals surface area contributed by atoms with Crippen molar-refractivity contribution >= 4 is 50.0 Å². The first-order valence-electron chi connectivity index (χ1n) is 8.75. The predicted molar refractivity (Wildman–Crippen MR) is 116 cm³/mol. The van der Waals surface area contributed by atoms with Crippen molar-refractivity contribution in [2.24, 2.45) is 0 Å². The Morgan fingerprint density at radius 3 is 2.31 bits per heavy atom. The highest BCUT2D eigenvalue weighted by Gasteiger charge is 2.13. The predicted octanol–water partition coefficient (Wildman–Crippen LogP) is 5.73. The molecule has 0 spiro atoms. The lowest BCUT2D eigenvalue weighted by molar-refractivity contribution is 0.603. The molecule has 1 N–H and O–H groups in total. The molecule has 0 aliphatic carbocycles. The molecule has 0 atom stereocenters. The number of aromatic nitrogens is 2. The van der Waals surface area contributed by atoms with Crippen LogP contribution >= 0.6 is 11.6 Å². The minimum Gasteiger partial charge on any atom is -0.431 e. The van der Waals surface area contributed by atoms with Crippen LogP contribution in [0.3, 0.4) is 0 Å². The summed E-state index contributed by atoms with van der Waals surface area (Å²) in [5.41, 5.74) is 2.53. The fourth-order valence-corrected chi connectivity index (χ4v) is 4.00. The smallest absolute Gasteiger partial charge is 0.202 e. The zero-order chi connectivity index (χ0) is 20.4. The van der Waals surface area contributed by atoms with Crippen molar-refractivity contribution in [1.29, 1.82) is 0 Å². The number of rotatable bonds is 5. The van der Waals surface area contributed by atoms with Crippen molar-refractivity contribution in [2.45, 2.75) is 11.8 Å². The van der Waals surface area contributed by atoms with Gasteiger partial charge in [-0.1, -0.05) is 54.1 Å². The van der Waals surface area contributed by atoms with Crippen LogP contribution in [0.25, 0.3) is 15.8 Å². The number of nitrogens with one attached hydrogen (secondary N) is 1. The quantitative estimate of drug-likeness (QED) is 0.443. The average molecular weight is 424 g/mol. The number of halogens is 1. The molecule has 0 unspecified atom stereocenters. The van der Waals surface area contributed by atoms with Gasteiger partial charge in [-0.05, 0) is 54.2 Å². The van der Waals surface area contributed by atoms with Gasteiger partial charge < -0.3 is 15.0 Å². The fraction of sp³-hybridized carbons (Fsp3) is 0.0476. The number of fused-ring (bicyclic) bond motifs is 1. The number of anilines is 2. The minimum atomic E-state index is -3.98. The van der Waals surface area contributed by atoms with E-state index in [-0.39, 0.29) is 16.5 Å². The van der Waals surface area contributed by atoms with Crippen molar-refractivity contribution in [3.63, 3.8) is 0 Å². The molecule has 3 aromatic carbocycles. The Kier molecular flexibility index (Phi) is 5.08. The molecule has 0 saturated heterocycles. The number of nitrogens with zero attached hydrogens (tertiary/aromatic N) is 3. The second-order valence-electron chi connectivity index (χ2n) is 6.37. The maximum absolute atomic E-state index is 12.9. The monoisotopic (exact) mass is 423 g/mol. The van der Waals surface area contributed by atoms with E-state index < -0.39 is 10.0 Å². The Morgan fingerprint density at radius 2 is 1.59 bits per heavy atom. The molecule has 8 heteroatoms. The first-order chi connectivity index (χ1) is 13.9. The van der Waals surface area contributed by atoms with Gasteiger partial charge in [0.05, 0.1) is 21.1 Å². The summed E-state index contributed by atoms with van der Waals surface area (Å²) < 4.78 is 29.7. The van der Waals surface area contributed by atoms with Crippen LogP contribution in [-0.4, -0.2) is 18.4 Å². The normalized spacial score (nSPS) is 11.4. The van der Waals surface area contributed by atoms with Crippen LogP contribution in [0, 0.1) is 6.92 Å². The highest BCUT2D eigenvalue weighted by Crippen LogP contribution is 2.36. The van der Waals surface area contributed by atoms with Gasteiger partial charge in [-0.25, -0.2) is 13.4 Å². The third-order valence-corrected chi connectivity index (χ3v) is 5.77. The van der Waals surface area contributed by atoms with Crippen LogP contribution in [0.4, 0.5) is 17.3 Å². The van der Waals surface area contributed by atoms with Crippen LogP contribution in [0.2, 0.25) is 5.02 Å². The first kappa shape index (κ1) is 19.2. The van der Waals surface area contributed by atoms with Crippen molar-refractivity contribution in [1.82, 2.24) is 9.97 Å². The number of hydrogen-bond donors (Lipinski definition) is 1. The molecule has 1 aromatic heterocycles. The number of benzene rings is 3. The third-order valence-electron chi connectivity index (χ3n) is 4.17. The molecule has 4 aromatic rings. The average Bonchev–Trinajstić information content (AvgIpc) is 2.70. The number of aryl methyl sites for hydroxylation is 1. The summed E-state index contributed by atoms with van der Waals surface area (Å²) in [7, 11) is -3.98. The molecule has 29 heavy (non-hydrogen) atoms. The Morgan fingerprint density at radius 1 is 0.897 bits per heavy atom. The van der Waals surface area contributed by atoms with Crippen LogP contribution in [0.5, 0.6) is 0 Å². The van der Waals surface area contributed by atoms with E-state index in [1.54, 1.807) is 48.5 Å². The molecular weight excluding hydrogens is 408 g/mol. The summed E-state index contributed by atoms with van der Waals surface area (Å²) >= 11 is 6.23. The largest absolute Gasteiger partial charge is 0.431 e. The van der Waals surface area contributed by atoms with E-state index >= 15 is 0 Å². The van der Waals surface area contributed by atoms with E-state index in [9.17, 15) is 8.42 Å². The second kappa shape index (κ2) is 7.69. The van der Waals surface area contributed by atoms with Crippen molar-refractivity contribution in [2.75, 3.05) is 5.32 Å². The van der Waals surface area contributed by atoms with Crippen molar-refractivity contribution in [3.8, 4) is 0 Å². The summed E-state index contributed by atoms with van der Waals surface area (Å²) in [5, 5.41) is 3.52. The summed E-state index contributed by atoms with van der Waals surface area (Å²) in [4.78, 5) is 9.03. The molecule has 6 nitrogen and oxygen atoms in total. The minimum absolute atomic E-state index is 0.0369. The Bertz CT molecular complexity index is 1310. The Hall–Kier alpha value is -3.16. The molecule has 0 aliphatic heterocycles. The summed E-state index contributed by atoms with van der Waals surface area (Å²) in [6.45, 7) is 1.82. The van der Waals surface area contributed by atoms with E-state index in [0.29, 0.717) is 21.7 Å². The molecule has 0 amide bonds. The third kappa shape index (κ3) is 4.16. The van der Waals surface area contributed by atoms with E-state index in [4.69, 9.17) is 11.6 Å². The Labute approximate surface area is 173 Å². The molecule has 0 radical (unpaired) electrons. The van der Waals surface area contributed by atoms with Gasteiger partial charge >= 0.3 is 0 Å². The zero-order valence-electron chi connectivity index (χ0n) is 15.4. The lowest BCUT2D eigenvalue weighted by Gasteiger charge is -2.21. The Balaban J connectivity index is 1.80. The van der Waals surface area contributed by atoms with Crippen LogP contribution in [-0.2, 0) is 10.0 Å². The van der Waals surface area contributed by atoms with Gasteiger partial charge in [0.1, 0.15) is 5.82 Å². The molecule has 0 bridgehead atoms. The summed E-state index contributed by atoms with van der Waals surface area (Å²) in [5.74, 6) is 0.165. The van der Waals surface area contributed by atoms with Gasteiger partial charge in [0.2, 0.25) is 10.0 Å². The zero-order valence-corrected chi connectivity index (χ0v) is 16.9. The lowest BCUT2D eigenvalue weighted by atomic mass is 10.2. The van der Waals surface area contributed by atoms with Crippen LogP contribution < -0.4 is 5.32 Å². The summed E-state index contributed by atoms with van der Waals surface area (Å²) in [6, 6.07) is 20.8. The van der Waals surface area contributed by atoms with E-state index in [1.807, 2.05) is 25.1 Å². The molecule has 0 fully saturated rings. The van der Waals surface area contributed by atoms with Crippen LogP contribution in [0.15, 0.2) is 77.7 Å². The maximum Gasteiger partial charge on any atom is 0.202 e. The van der Waals surface area contributed by atoms with Crippen molar-refractivity contribution in [3.05, 3.63) is 88.1 Å². The highest BCUT2D eigenvalue weighted by atomic mass is 35.5. The maximum atomic E-state index is 12.9. The van der Waals surface area contributed by atoms with E-state index in [0.717, 1.165) is 5.56 Å². The number of para-hydroxylation sites is 3. The molecule has 0 saturated carbocycles. The molecule has 1 heterocycles. The lowest BCUT2D eigenvalue weighted by Crippen LogP contribution is -2.03. The molecule has 146 valence electrons.